The molecule has 0 radical (unpaired) electrons. The molecule has 3 rings (SSSR count). The van der Waals surface area contributed by atoms with Gasteiger partial charge in [-0.25, -0.2) is 0 Å². The molecule has 0 aromatic carbocycles. The number of likely N-dealkylation sites (tertiary alicyclic amines) is 1. The fraction of sp³-hybridized carbons (Fsp3) is 0.824. The first-order chi connectivity index (χ1) is 10.6. The SMILES string of the molecule is Cn1cc(C(CO)NC2CCC(C)(N3CCCC3)CC2)cn1. The van der Waals surface area contributed by atoms with E-state index in [0.29, 0.717) is 11.6 Å². The molecule has 124 valence electrons. The van der Waals surface area contributed by atoms with Crippen LogP contribution in [0.2, 0.25) is 0 Å². The minimum atomic E-state index is 0.00911. The molecule has 5 nitrogen and oxygen atoms in total. The Morgan fingerprint density at radius 3 is 2.59 bits per heavy atom. The van der Waals surface area contributed by atoms with Crippen molar-refractivity contribution in [3.63, 3.8) is 0 Å². The fourth-order valence-electron chi connectivity index (χ4n) is 4.14. The van der Waals surface area contributed by atoms with Gasteiger partial charge in [0.2, 0.25) is 0 Å². The lowest BCUT2D eigenvalue weighted by atomic mass is 9.79. The van der Waals surface area contributed by atoms with Crippen LogP contribution in [0.5, 0.6) is 0 Å². The van der Waals surface area contributed by atoms with Gasteiger partial charge in [0.1, 0.15) is 0 Å². The highest BCUT2D eigenvalue weighted by Crippen LogP contribution is 2.36. The van der Waals surface area contributed by atoms with E-state index in [-0.39, 0.29) is 12.6 Å². The molecule has 22 heavy (non-hydrogen) atoms. The summed E-state index contributed by atoms with van der Waals surface area (Å²) in [6.45, 7) is 5.14. The van der Waals surface area contributed by atoms with Gasteiger partial charge in [-0.3, -0.25) is 9.58 Å². The van der Waals surface area contributed by atoms with E-state index in [1.165, 1.54) is 51.6 Å². The van der Waals surface area contributed by atoms with Crippen LogP contribution in [0.1, 0.15) is 57.1 Å². The third kappa shape index (κ3) is 3.36. The lowest BCUT2D eigenvalue weighted by molar-refractivity contribution is 0.0755. The summed E-state index contributed by atoms with van der Waals surface area (Å²) in [6, 6.07) is 0.517. The molecule has 1 aliphatic heterocycles. The summed E-state index contributed by atoms with van der Waals surface area (Å²) in [5.74, 6) is 0. The third-order valence-electron chi connectivity index (χ3n) is 5.68. The second-order valence-electron chi connectivity index (χ2n) is 7.31. The highest BCUT2D eigenvalue weighted by molar-refractivity contribution is 5.11. The molecular formula is C17H30N4O. The maximum absolute atomic E-state index is 9.69. The normalized spacial score (nSPS) is 31.5. The molecule has 0 spiro atoms. The Morgan fingerprint density at radius 2 is 2.05 bits per heavy atom. The molecule has 1 aromatic heterocycles. The van der Waals surface area contributed by atoms with Crippen LogP contribution in [0, 0.1) is 0 Å². The summed E-state index contributed by atoms with van der Waals surface area (Å²) < 4.78 is 1.80. The van der Waals surface area contributed by atoms with Crippen LogP contribution in [-0.4, -0.2) is 51.1 Å². The monoisotopic (exact) mass is 306 g/mol. The molecule has 2 N–H and O–H groups in total. The van der Waals surface area contributed by atoms with E-state index in [2.05, 4.69) is 22.2 Å². The standard InChI is InChI=1S/C17H30N4O/c1-17(21-9-3-4-10-21)7-5-15(6-8-17)19-16(13-22)14-11-18-20(2)12-14/h11-12,15-16,19,22H,3-10,13H2,1-2H3. The zero-order chi connectivity index (χ0) is 15.6. The quantitative estimate of drug-likeness (QED) is 0.871. The van der Waals surface area contributed by atoms with E-state index in [4.69, 9.17) is 0 Å². The van der Waals surface area contributed by atoms with E-state index in [1.807, 2.05) is 19.4 Å². The number of aliphatic hydroxyl groups excluding tert-OH is 1. The van der Waals surface area contributed by atoms with Gasteiger partial charge in [0, 0.05) is 30.4 Å². The van der Waals surface area contributed by atoms with Crippen molar-refractivity contribution in [3.05, 3.63) is 18.0 Å². The molecule has 2 fully saturated rings. The van der Waals surface area contributed by atoms with Gasteiger partial charge in [-0.2, -0.15) is 5.10 Å². The van der Waals surface area contributed by atoms with Crippen LogP contribution in [0.25, 0.3) is 0 Å². The molecule has 1 aliphatic carbocycles. The number of hydrogen-bond donors (Lipinski definition) is 2. The molecular weight excluding hydrogens is 276 g/mol. The largest absolute Gasteiger partial charge is 0.394 e. The van der Waals surface area contributed by atoms with Crippen molar-refractivity contribution in [2.24, 2.45) is 7.05 Å². The smallest absolute Gasteiger partial charge is 0.0627 e. The number of aliphatic hydroxyl groups is 1. The minimum absolute atomic E-state index is 0.00911. The summed E-state index contributed by atoms with van der Waals surface area (Å²) in [5, 5.41) is 17.5. The molecule has 1 unspecified atom stereocenters. The van der Waals surface area contributed by atoms with Gasteiger partial charge in [0.15, 0.2) is 0 Å². The van der Waals surface area contributed by atoms with Crippen LogP contribution < -0.4 is 5.32 Å². The van der Waals surface area contributed by atoms with Crippen molar-refractivity contribution in [1.82, 2.24) is 20.0 Å². The topological polar surface area (TPSA) is 53.3 Å². The van der Waals surface area contributed by atoms with Crippen LogP contribution in [0.15, 0.2) is 12.4 Å². The van der Waals surface area contributed by atoms with Crippen molar-refractivity contribution in [1.29, 1.82) is 0 Å². The lowest BCUT2D eigenvalue weighted by Gasteiger charge is -2.44. The number of hydrogen-bond acceptors (Lipinski definition) is 4. The molecule has 1 atom stereocenters. The van der Waals surface area contributed by atoms with Crippen molar-refractivity contribution < 1.29 is 5.11 Å². The van der Waals surface area contributed by atoms with E-state index < -0.39 is 0 Å². The Bertz CT molecular complexity index is 473. The Morgan fingerprint density at radius 1 is 1.36 bits per heavy atom. The maximum atomic E-state index is 9.69. The van der Waals surface area contributed by atoms with Crippen molar-refractivity contribution in [2.75, 3.05) is 19.7 Å². The van der Waals surface area contributed by atoms with Gasteiger partial charge in [0.25, 0.3) is 0 Å². The van der Waals surface area contributed by atoms with E-state index >= 15 is 0 Å². The van der Waals surface area contributed by atoms with Gasteiger partial charge in [-0.1, -0.05) is 0 Å². The lowest BCUT2D eigenvalue weighted by Crippen LogP contribution is -2.50. The second kappa shape index (κ2) is 6.69. The van der Waals surface area contributed by atoms with Gasteiger partial charge in [-0.15, -0.1) is 0 Å². The molecule has 2 heterocycles. The van der Waals surface area contributed by atoms with Gasteiger partial charge >= 0.3 is 0 Å². The maximum Gasteiger partial charge on any atom is 0.0627 e. The molecule has 1 saturated heterocycles. The van der Waals surface area contributed by atoms with E-state index in [9.17, 15) is 5.11 Å². The molecule has 1 aromatic rings. The van der Waals surface area contributed by atoms with Crippen LogP contribution >= 0.6 is 0 Å². The molecule has 0 amide bonds. The van der Waals surface area contributed by atoms with Crippen LogP contribution in [0.3, 0.4) is 0 Å². The van der Waals surface area contributed by atoms with E-state index in [1.54, 1.807) is 4.68 Å². The van der Waals surface area contributed by atoms with Crippen LogP contribution in [-0.2, 0) is 7.05 Å². The molecule has 5 heteroatoms. The first-order valence-electron chi connectivity index (χ1n) is 8.71. The Balaban J connectivity index is 1.54. The Labute approximate surface area is 133 Å². The average molecular weight is 306 g/mol. The minimum Gasteiger partial charge on any atom is -0.394 e. The van der Waals surface area contributed by atoms with Gasteiger partial charge in [0.05, 0.1) is 18.8 Å². The molecule has 1 saturated carbocycles. The highest BCUT2D eigenvalue weighted by atomic mass is 16.3. The number of rotatable bonds is 5. The number of aryl methyl sites for hydroxylation is 1. The van der Waals surface area contributed by atoms with Crippen molar-refractivity contribution >= 4 is 0 Å². The average Bonchev–Trinajstić information content (AvgIpc) is 3.18. The zero-order valence-corrected chi connectivity index (χ0v) is 14.0. The Kier molecular flexibility index (Phi) is 4.85. The number of aromatic nitrogens is 2. The fourth-order valence-corrected chi connectivity index (χ4v) is 4.14. The van der Waals surface area contributed by atoms with Gasteiger partial charge in [-0.05, 0) is 58.5 Å². The second-order valence-corrected chi connectivity index (χ2v) is 7.31. The summed E-state index contributed by atoms with van der Waals surface area (Å²) in [4.78, 5) is 2.70. The van der Waals surface area contributed by atoms with Crippen LogP contribution in [0.4, 0.5) is 0 Å². The number of nitrogens with zero attached hydrogens (tertiary/aromatic N) is 3. The summed E-state index contributed by atoms with van der Waals surface area (Å²) in [7, 11) is 1.92. The Hall–Kier alpha value is -0.910. The summed E-state index contributed by atoms with van der Waals surface area (Å²) in [6.07, 6.45) is 11.5. The first-order valence-corrected chi connectivity index (χ1v) is 8.71. The third-order valence-corrected chi connectivity index (χ3v) is 5.68. The predicted molar refractivity (Wildman–Crippen MR) is 87.6 cm³/mol. The molecule has 0 bridgehead atoms. The highest BCUT2D eigenvalue weighted by Gasteiger charge is 2.37. The number of nitrogens with one attached hydrogen (secondary N) is 1. The van der Waals surface area contributed by atoms with Crippen molar-refractivity contribution in [3.8, 4) is 0 Å². The van der Waals surface area contributed by atoms with Gasteiger partial charge < -0.3 is 10.4 Å². The predicted octanol–water partition coefficient (Wildman–Crippen LogP) is 1.84. The summed E-state index contributed by atoms with van der Waals surface area (Å²) in [5.41, 5.74) is 1.48. The van der Waals surface area contributed by atoms with E-state index in [0.717, 1.165) is 5.56 Å². The molecule has 2 aliphatic rings. The van der Waals surface area contributed by atoms with Crippen molar-refractivity contribution in [2.45, 2.75) is 63.1 Å². The summed E-state index contributed by atoms with van der Waals surface area (Å²) >= 11 is 0. The first kappa shape index (κ1) is 16.0. The zero-order valence-electron chi connectivity index (χ0n) is 14.0.